The van der Waals surface area contributed by atoms with Crippen molar-refractivity contribution in [2.75, 3.05) is 7.05 Å². The van der Waals surface area contributed by atoms with Crippen LogP contribution in [0, 0.1) is 0 Å². The molecular weight excluding hydrogens is 347 g/mol. The Labute approximate surface area is 129 Å². The largest absolute Gasteiger partial charge is 0.416 e. The van der Waals surface area contributed by atoms with E-state index >= 15 is 0 Å². The van der Waals surface area contributed by atoms with E-state index in [1.807, 2.05) is 0 Å². The number of nitrogens with one attached hydrogen (secondary N) is 1. The van der Waals surface area contributed by atoms with Crippen molar-refractivity contribution in [3.05, 3.63) is 51.8 Å². The van der Waals surface area contributed by atoms with E-state index in [-0.39, 0.29) is 6.04 Å². The number of hydrogen-bond acceptors (Lipinski definition) is 2. The Kier molecular flexibility index (Phi) is 4.73. The van der Waals surface area contributed by atoms with Gasteiger partial charge in [-0.15, -0.1) is 0 Å². The molecule has 2 rings (SSSR count). The predicted octanol–water partition coefficient (Wildman–Crippen LogP) is 3.70. The lowest BCUT2D eigenvalue weighted by molar-refractivity contribution is -0.137. The number of likely N-dealkylation sites (N-methyl/N-ethyl adjacent to an activating group) is 1. The van der Waals surface area contributed by atoms with Crippen LogP contribution in [0.15, 0.2) is 34.9 Å². The molecule has 2 aromatic rings. The molecule has 0 saturated carbocycles. The van der Waals surface area contributed by atoms with Crippen LogP contribution in [0.1, 0.15) is 22.9 Å². The highest BCUT2D eigenvalue weighted by molar-refractivity contribution is 9.10. The van der Waals surface area contributed by atoms with Crippen molar-refractivity contribution in [1.82, 2.24) is 15.1 Å². The third kappa shape index (κ3) is 3.65. The number of hydrogen-bond donors (Lipinski definition) is 1. The first-order valence-electron chi connectivity index (χ1n) is 6.33. The van der Waals surface area contributed by atoms with Crippen molar-refractivity contribution in [2.45, 2.75) is 18.6 Å². The van der Waals surface area contributed by atoms with Crippen LogP contribution in [0.25, 0.3) is 0 Å². The Bertz CT molecular complexity index is 603. The first-order chi connectivity index (χ1) is 9.82. The van der Waals surface area contributed by atoms with E-state index in [1.165, 1.54) is 12.1 Å². The molecule has 1 unspecified atom stereocenters. The number of nitrogens with zero attached hydrogens (tertiary/aromatic N) is 2. The fourth-order valence-electron chi connectivity index (χ4n) is 2.26. The van der Waals surface area contributed by atoms with Crippen molar-refractivity contribution in [3.63, 3.8) is 0 Å². The molecule has 0 amide bonds. The predicted molar refractivity (Wildman–Crippen MR) is 77.9 cm³/mol. The Morgan fingerprint density at radius 1 is 1.38 bits per heavy atom. The van der Waals surface area contributed by atoms with Gasteiger partial charge in [0, 0.05) is 7.05 Å². The SMILES string of the molecule is CNC(Cc1cccc(C(F)(F)F)c1)c1c(Br)cnn1C. The number of aryl methyl sites for hydroxylation is 1. The molecule has 0 aliphatic rings. The number of benzene rings is 1. The average molecular weight is 362 g/mol. The Morgan fingerprint density at radius 3 is 2.62 bits per heavy atom. The molecule has 0 spiro atoms. The molecule has 3 nitrogen and oxygen atoms in total. The van der Waals surface area contributed by atoms with Gasteiger partial charge in [-0.3, -0.25) is 4.68 Å². The van der Waals surface area contributed by atoms with Crippen molar-refractivity contribution in [3.8, 4) is 0 Å². The van der Waals surface area contributed by atoms with Crippen LogP contribution < -0.4 is 5.32 Å². The highest BCUT2D eigenvalue weighted by atomic mass is 79.9. The van der Waals surface area contributed by atoms with Gasteiger partial charge in [-0.25, -0.2) is 0 Å². The van der Waals surface area contributed by atoms with Crippen molar-refractivity contribution < 1.29 is 13.2 Å². The van der Waals surface area contributed by atoms with E-state index in [1.54, 1.807) is 31.0 Å². The third-order valence-electron chi connectivity index (χ3n) is 3.31. The molecule has 1 aromatic carbocycles. The fourth-order valence-corrected chi connectivity index (χ4v) is 2.88. The van der Waals surface area contributed by atoms with Gasteiger partial charge in [0.2, 0.25) is 0 Å². The van der Waals surface area contributed by atoms with Gasteiger partial charge in [-0.1, -0.05) is 18.2 Å². The molecule has 0 aliphatic carbocycles. The van der Waals surface area contributed by atoms with Gasteiger partial charge in [-0.2, -0.15) is 18.3 Å². The zero-order valence-corrected chi connectivity index (χ0v) is 13.2. The van der Waals surface area contributed by atoms with Crippen LogP contribution in [-0.2, 0) is 19.6 Å². The molecule has 1 heterocycles. The minimum atomic E-state index is -4.32. The molecule has 7 heteroatoms. The topological polar surface area (TPSA) is 29.9 Å². The summed E-state index contributed by atoms with van der Waals surface area (Å²) >= 11 is 3.41. The number of alkyl halides is 3. The Hall–Kier alpha value is -1.34. The second-order valence-electron chi connectivity index (χ2n) is 4.74. The van der Waals surface area contributed by atoms with Crippen LogP contribution in [0.5, 0.6) is 0 Å². The highest BCUT2D eigenvalue weighted by Crippen LogP contribution is 2.31. The second kappa shape index (κ2) is 6.19. The van der Waals surface area contributed by atoms with Gasteiger partial charge in [0.05, 0.1) is 28.0 Å². The van der Waals surface area contributed by atoms with Crippen LogP contribution in [0.4, 0.5) is 13.2 Å². The summed E-state index contributed by atoms with van der Waals surface area (Å²) in [6.07, 6.45) is -2.21. The molecule has 1 aromatic heterocycles. The van der Waals surface area contributed by atoms with Crippen LogP contribution in [-0.4, -0.2) is 16.8 Å². The zero-order chi connectivity index (χ0) is 15.6. The van der Waals surface area contributed by atoms with Gasteiger partial charge in [0.15, 0.2) is 0 Å². The summed E-state index contributed by atoms with van der Waals surface area (Å²) in [6, 6.07) is 5.27. The van der Waals surface area contributed by atoms with E-state index in [2.05, 4.69) is 26.3 Å². The summed E-state index contributed by atoms with van der Waals surface area (Å²) in [5, 5.41) is 7.25. The van der Waals surface area contributed by atoms with Crippen LogP contribution in [0.2, 0.25) is 0 Å². The standard InChI is InChI=1S/C14H15BrF3N3/c1-19-12(13-11(15)8-20-21(13)2)7-9-4-3-5-10(6-9)14(16,17)18/h3-6,8,12,19H,7H2,1-2H3. The van der Waals surface area contributed by atoms with Crippen LogP contribution >= 0.6 is 15.9 Å². The number of rotatable bonds is 4. The fraction of sp³-hybridized carbons (Fsp3) is 0.357. The van der Waals surface area contributed by atoms with Gasteiger partial charge >= 0.3 is 6.18 Å². The first kappa shape index (κ1) is 16.0. The molecule has 21 heavy (non-hydrogen) atoms. The lowest BCUT2D eigenvalue weighted by atomic mass is 10.0. The van der Waals surface area contributed by atoms with E-state index in [0.29, 0.717) is 12.0 Å². The summed E-state index contributed by atoms with van der Waals surface area (Å²) in [7, 11) is 3.58. The van der Waals surface area contributed by atoms with Crippen LogP contribution in [0.3, 0.4) is 0 Å². The maximum absolute atomic E-state index is 12.8. The average Bonchev–Trinajstić information content (AvgIpc) is 2.75. The van der Waals surface area contributed by atoms with Crippen molar-refractivity contribution in [1.29, 1.82) is 0 Å². The van der Waals surface area contributed by atoms with Crippen molar-refractivity contribution >= 4 is 15.9 Å². The minimum Gasteiger partial charge on any atom is -0.311 e. The minimum absolute atomic E-state index is 0.129. The van der Waals surface area contributed by atoms with Gasteiger partial charge in [0.1, 0.15) is 0 Å². The smallest absolute Gasteiger partial charge is 0.311 e. The maximum Gasteiger partial charge on any atom is 0.416 e. The maximum atomic E-state index is 12.8. The molecule has 0 bridgehead atoms. The van der Waals surface area contributed by atoms with Gasteiger partial charge in [0.25, 0.3) is 0 Å². The summed E-state index contributed by atoms with van der Waals surface area (Å²) in [6.45, 7) is 0. The Morgan fingerprint density at radius 2 is 2.10 bits per heavy atom. The molecule has 1 atom stereocenters. The van der Waals surface area contributed by atoms with Crippen molar-refractivity contribution in [2.24, 2.45) is 7.05 Å². The van der Waals surface area contributed by atoms with Gasteiger partial charge < -0.3 is 5.32 Å². The van der Waals surface area contributed by atoms with E-state index in [0.717, 1.165) is 16.2 Å². The number of halogens is 4. The summed E-state index contributed by atoms with van der Waals surface area (Å²) < 4.78 is 40.8. The molecule has 0 saturated heterocycles. The lowest BCUT2D eigenvalue weighted by Crippen LogP contribution is -2.22. The molecule has 0 fully saturated rings. The number of aromatic nitrogens is 2. The zero-order valence-electron chi connectivity index (χ0n) is 11.6. The monoisotopic (exact) mass is 361 g/mol. The third-order valence-corrected chi connectivity index (χ3v) is 3.92. The second-order valence-corrected chi connectivity index (χ2v) is 5.60. The molecule has 0 radical (unpaired) electrons. The normalized spacial score (nSPS) is 13.4. The Balaban J connectivity index is 2.28. The lowest BCUT2D eigenvalue weighted by Gasteiger charge is -2.18. The van der Waals surface area contributed by atoms with E-state index < -0.39 is 11.7 Å². The summed E-state index contributed by atoms with van der Waals surface area (Å²) in [5.41, 5.74) is 0.895. The van der Waals surface area contributed by atoms with E-state index in [9.17, 15) is 13.2 Å². The molecular formula is C14H15BrF3N3. The molecule has 114 valence electrons. The summed E-state index contributed by atoms with van der Waals surface area (Å²) in [4.78, 5) is 0. The van der Waals surface area contributed by atoms with Gasteiger partial charge in [-0.05, 0) is 41.0 Å². The molecule has 1 N–H and O–H groups in total. The quantitative estimate of drug-likeness (QED) is 0.899. The first-order valence-corrected chi connectivity index (χ1v) is 7.13. The summed E-state index contributed by atoms with van der Waals surface area (Å²) in [5.74, 6) is 0. The highest BCUT2D eigenvalue weighted by Gasteiger charge is 2.30. The molecule has 0 aliphatic heterocycles. The van der Waals surface area contributed by atoms with E-state index in [4.69, 9.17) is 0 Å².